The Bertz CT molecular complexity index is 832. The van der Waals surface area contributed by atoms with Crippen LogP contribution in [-0.2, 0) is 20.9 Å². The van der Waals surface area contributed by atoms with E-state index in [4.69, 9.17) is 18.6 Å². The highest BCUT2D eigenvalue weighted by atomic mass is 16.7. The lowest BCUT2D eigenvalue weighted by molar-refractivity contribution is -0.153. The SMILES string of the molecule is CC(OC(=O)CNC(=O)c1ccco1)C(=O)NCc1ccc2c(c1)OCO2. The van der Waals surface area contributed by atoms with E-state index in [9.17, 15) is 14.4 Å². The highest BCUT2D eigenvalue weighted by Crippen LogP contribution is 2.32. The van der Waals surface area contributed by atoms with Crippen molar-refractivity contribution in [1.29, 1.82) is 0 Å². The standard InChI is InChI=1S/C18H18N2O7/c1-11(27-16(21)9-20-18(23)14-3-2-6-24-14)17(22)19-8-12-4-5-13-15(7-12)26-10-25-13/h2-7,11H,8-10H2,1H3,(H,19,22)(H,20,23). The third kappa shape index (κ3) is 4.78. The first-order valence-electron chi connectivity index (χ1n) is 8.20. The second kappa shape index (κ2) is 8.26. The predicted octanol–water partition coefficient (Wildman–Crippen LogP) is 0.986. The van der Waals surface area contributed by atoms with Gasteiger partial charge in [-0.3, -0.25) is 14.4 Å². The highest BCUT2D eigenvalue weighted by Gasteiger charge is 2.19. The fourth-order valence-corrected chi connectivity index (χ4v) is 2.32. The number of hydrogen-bond donors (Lipinski definition) is 2. The van der Waals surface area contributed by atoms with E-state index >= 15 is 0 Å². The molecule has 3 rings (SSSR count). The summed E-state index contributed by atoms with van der Waals surface area (Å²) in [6.45, 7) is 1.49. The Morgan fingerprint density at radius 3 is 2.74 bits per heavy atom. The molecular weight excluding hydrogens is 356 g/mol. The number of nitrogens with one attached hydrogen (secondary N) is 2. The molecule has 2 heterocycles. The number of esters is 1. The van der Waals surface area contributed by atoms with Gasteiger partial charge < -0.3 is 29.3 Å². The average molecular weight is 374 g/mol. The van der Waals surface area contributed by atoms with Crippen LogP contribution in [0.2, 0.25) is 0 Å². The Labute approximate surface area is 154 Å². The van der Waals surface area contributed by atoms with Gasteiger partial charge in [-0.15, -0.1) is 0 Å². The monoisotopic (exact) mass is 374 g/mol. The summed E-state index contributed by atoms with van der Waals surface area (Å²) in [4.78, 5) is 35.5. The van der Waals surface area contributed by atoms with Crippen LogP contribution in [0.3, 0.4) is 0 Å². The number of rotatable bonds is 7. The largest absolute Gasteiger partial charge is 0.459 e. The maximum atomic E-state index is 12.1. The minimum absolute atomic E-state index is 0.0808. The van der Waals surface area contributed by atoms with Crippen molar-refractivity contribution in [3.8, 4) is 11.5 Å². The van der Waals surface area contributed by atoms with E-state index in [2.05, 4.69) is 10.6 Å². The third-order valence-corrected chi connectivity index (χ3v) is 3.72. The number of carbonyl (C=O) groups excluding carboxylic acids is 3. The van der Waals surface area contributed by atoms with Gasteiger partial charge in [-0.05, 0) is 36.8 Å². The zero-order valence-electron chi connectivity index (χ0n) is 14.5. The number of hydrogen-bond acceptors (Lipinski definition) is 7. The summed E-state index contributed by atoms with van der Waals surface area (Å²) in [5.74, 6) is -0.384. The smallest absolute Gasteiger partial charge is 0.326 e. The Hall–Kier alpha value is -3.49. The molecule has 0 bridgehead atoms. The molecule has 0 saturated heterocycles. The zero-order chi connectivity index (χ0) is 19.2. The maximum Gasteiger partial charge on any atom is 0.326 e. The first-order chi connectivity index (χ1) is 13.0. The number of furan rings is 1. The Morgan fingerprint density at radius 2 is 1.96 bits per heavy atom. The topological polar surface area (TPSA) is 116 Å². The molecule has 0 aliphatic carbocycles. The molecule has 2 aromatic rings. The van der Waals surface area contributed by atoms with Crippen molar-refractivity contribution in [3.05, 3.63) is 47.9 Å². The Kier molecular flexibility index (Phi) is 5.60. The average Bonchev–Trinajstić information content (AvgIpc) is 3.35. The third-order valence-electron chi connectivity index (χ3n) is 3.72. The second-order valence-electron chi connectivity index (χ2n) is 5.70. The molecule has 2 amide bonds. The summed E-state index contributed by atoms with van der Waals surface area (Å²) in [6.07, 6.45) is 0.340. The van der Waals surface area contributed by atoms with E-state index < -0.39 is 23.9 Å². The van der Waals surface area contributed by atoms with E-state index in [1.54, 1.807) is 24.3 Å². The zero-order valence-corrected chi connectivity index (χ0v) is 14.5. The van der Waals surface area contributed by atoms with Gasteiger partial charge in [-0.1, -0.05) is 6.07 Å². The molecule has 0 spiro atoms. The lowest BCUT2D eigenvalue weighted by atomic mass is 10.2. The van der Waals surface area contributed by atoms with Crippen LogP contribution < -0.4 is 20.1 Å². The molecule has 1 aliphatic rings. The molecule has 0 fully saturated rings. The number of ether oxygens (including phenoxy) is 3. The molecule has 9 heteroatoms. The molecule has 1 aliphatic heterocycles. The number of fused-ring (bicyclic) bond motifs is 1. The summed E-state index contributed by atoms with van der Waals surface area (Å²) in [5, 5.41) is 5.01. The molecule has 27 heavy (non-hydrogen) atoms. The van der Waals surface area contributed by atoms with Gasteiger partial charge >= 0.3 is 5.97 Å². The summed E-state index contributed by atoms with van der Waals surface area (Å²) in [7, 11) is 0. The normalized spacial score (nSPS) is 12.9. The minimum Gasteiger partial charge on any atom is -0.459 e. The molecule has 2 N–H and O–H groups in total. The van der Waals surface area contributed by atoms with Crippen LogP contribution in [0, 0.1) is 0 Å². The Morgan fingerprint density at radius 1 is 1.15 bits per heavy atom. The van der Waals surface area contributed by atoms with Crippen LogP contribution in [0.15, 0.2) is 41.0 Å². The van der Waals surface area contributed by atoms with E-state index in [1.807, 2.05) is 0 Å². The van der Waals surface area contributed by atoms with E-state index in [0.717, 1.165) is 5.56 Å². The van der Waals surface area contributed by atoms with E-state index in [1.165, 1.54) is 19.3 Å². The summed E-state index contributed by atoms with van der Waals surface area (Å²) in [5.41, 5.74) is 0.817. The highest BCUT2D eigenvalue weighted by molar-refractivity contribution is 5.93. The number of benzene rings is 1. The van der Waals surface area contributed by atoms with Crippen molar-refractivity contribution < 1.29 is 33.0 Å². The minimum atomic E-state index is -1.01. The van der Waals surface area contributed by atoms with Crippen molar-refractivity contribution >= 4 is 17.8 Å². The van der Waals surface area contributed by atoms with Gasteiger partial charge in [-0.25, -0.2) is 0 Å². The fraction of sp³-hybridized carbons (Fsp3) is 0.278. The van der Waals surface area contributed by atoms with Gasteiger partial charge in [0.2, 0.25) is 6.79 Å². The quantitative estimate of drug-likeness (QED) is 0.694. The molecule has 142 valence electrons. The lowest BCUT2D eigenvalue weighted by Gasteiger charge is -2.14. The molecule has 1 aromatic heterocycles. The second-order valence-corrected chi connectivity index (χ2v) is 5.70. The van der Waals surface area contributed by atoms with Gasteiger partial charge in [0.1, 0.15) is 6.54 Å². The summed E-state index contributed by atoms with van der Waals surface area (Å²) >= 11 is 0. The molecule has 1 atom stereocenters. The van der Waals surface area contributed by atoms with Crippen molar-refractivity contribution in [2.45, 2.75) is 19.6 Å². The molecule has 1 aromatic carbocycles. The molecule has 1 unspecified atom stereocenters. The fourth-order valence-electron chi connectivity index (χ4n) is 2.32. The Balaban J connectivity index is 1.40. The van der Waals surface area contributed by atoms with Gasteiger partial charge in [0.15, 0.2) is 23.4 Å². The first kappa shape index (κ1) is 18.3. The van der Waals surface area contributed by atoms with Crippen LogP contribution >= 0.6 is 0 Å². The lowest BCUT2D eigenvalue weighted by Crippen LogP contribution is -2.38. The molecule has 9 nitrogen and oxygen atoms in total. The van der Waals surface area contributed by atoms with Gasteiger partial charge in [-0.2, -0.15) is 0 Å². The van der Waals surface area contributed by atoms with Gasteiger partial charge in [0, 0.05) is 6.54 Å². The van der Waals surface area contributed by atoms with Crippen LogP contribution in [0.5, 0.6) is 11.5 Å². The van der Waals surface area contributed by atoms with Crippen LogP contribution in [0.25, 0.3) is 0 Å². The maximum absolute atomic E-state index is 12.1. The summed E-state index contributed by atoms with van der Waals surface area (Å²) < 4.78 is 20.4. The van der Waals surface area contributed by atoms with Crippen LogP contribution in [0.4, 0.5) is 0 Å². The van der Waals surface area contributed by atoms with Crippen molar-refractivity contribution in [2.75, 3.05) is 13.3 Å². The predicted molar refractivity (Wildman–Crippen MR) is 91.0 cm³/mol. The van der Waals surface area contributed by atoms with E-state index in [0.29, 0.717) is 11.5 Å². The van der Waals surface area contributed by atoms with Gasteiger partial charge in [0.25, 0.3) is 11.8 Å². The first-order valence-corrected chi connectivity index (χ1v) is 8.20. The van der Waals surface area contributed by atoms with Crippen molar-refractivity contribution in [1.82, 2.24) is 10.6 Å². The number of carbonyl (C=O) groups is 3. The number of amides is 2. The summed E-state index contributed by atoms with van der Waals surface area (Å²) in [6, 6.07) is 8.35. The molecule has 0 saturated carbocycles. The van der Waals surface area contributed by atoms with Crippen molar-refractivity contribution in [3.63, 3.8) is 0 Å². The molecule has 0 radical (unpaired) electrons. The van der Waals surface area contributed by atoms with Crippen LogP contribution in [0.1, 0.15) is 23.0 Å². The van der Waals surface area contributed by atoms with Crippen molar-refractivity contribution in [2.24, 2.45) is 0 Å². The van der Waals surface area contributed by atoms with Gasteiger partial charge in [0.05, 0.1) is 6.26 Å². The molecular formula is C18H18N2O7. The van der Waals surface area contributed by atoms with Crippen LogP contribution in [-0.4, -0.2) is 37.2 Å². The van der Waals surface area contributed by atoms with E-state index in [-0.39, 0.29) is 25.6 Å².